The van der Waals surface area contributed by atoms with E-state index < -0.39 is 0 Å². The van der Waals surface area contributed by atoms with E-state index in [4.69, 9.17) is 0 Å². The van der Waals surface area contributed by atoms with Crippen LogP contribution in [-0.4, -0.2) is 23.0 Å². The number of rotatable bonds is 3. The van der Waals surface area contributed by atoms with Crippen LogP contribution < -0.4 is 0 Å². The minimum Gasteiger partial charge on any atom is -0.296 e. The number of pyridine rings is 1. The van der Waals surface area contributed by atoms with Crippen molar-refractivity contribution in [2.75, 3.05) is 13.1 Å². The monoisotopic (exact) mass is 204 g/mol. The number of likely N-dealkylation sites (tertiary alicyclic amines) is 1. The van der Waals surface area contributed by atoms with E-state index in [0.717, 1.165) is 0 Å². The average Bonchev–Trinajstić information content (AvgIpc) is 2.67. The third-order valence-electron chi connectivity index (χ3n) is 3.28. The highest BCUT2D eigenvalue weighted by Crippen LogP contribution is 2.32. The first kappa shape index (κ1) is 10.6. The van der Waals surface area contributed by atoms with Crippen molar-refractivity contribution < 1.29 is 0 Å². The normalized spacial score (nSPS) is 22.1. The Kier molecular flexibility index (Phi) is 3.37. The van der Waals surface area contributed by atoms with Gasteiger partial charge in [-0.25, -0.2) is 0 Å². The standard InChI is InChI=1S/C13H20N2/c1-3-9-15-10-5-7-13(15)12-6-4-8-14-11(12)2/h4,6,8,13H,3,5,7,9-10H2,1-2H3/t13-/m0/s1. The first-order valence-electron chi connectivity index (χ1n) is 5.98. The summed E-state index contributed by atoms with van der Waals surface area (Å²) < 4.78 is 0. The van der Waals surface area contributed by atoms with Gasteiger partial charge >= 0.3 is 0 Å². The molecule has 1 aliphatic rings. The van der Waals surface area contributed by atoms with Crippen LogP contribution in [0.5, 0.6) is 0 Å². The van der Waals surface area contributed by atoms with Crippen molar-refractivity contribution in [3.8, 4) is 0 Å². The van der Waals surface area contributed by atoms with E-state index in [-0.39, 0.29) is 0 Å². The zero-order valence-electron chi connectivity index (χ0n) is 9.74. The molecule has 0 unspecified atom stereocenters. The van der Waals surface area contributed by atoms with Gasteiger partial charge in [0.2, 0.25) is 0 Å². The molecule has 0 bridgehead atoms. The lowest BCUT2D eigenvalue weighted by molar-refractivity contribution is 0.256. The zero-order valence-corrected chi connectivity index (χ0v) is 9.74. The number of nitrogens with zero attached hydrogens (tertiary/aromatic N) is 2. The molecule has 1 saturated heterocycles. The fraction of sp³-hybridized carbons (Fsp3) is 0.615. The summed E-state index contributed by atoms with van der Waals surface area (Å²) in [7, 11) is 0. The van der Waals surface area contributed by atoms with Gasteiger partial charge in [-0.3, -0.25) is 9.88 Å². The summed E-state index contributed by atoms with van der Waals surface area (Å²) in [6, 6.07) is 4.92. The van der Waals surface area contributed by atoms with E-state index in [0.29, 0.717) is 6.04 Å². The smallest absolute Gasteiger partial charge is 0.0420 e. The van der Waals surface area contributed by atoms with Gasteiger partial charge in [-0.2, -0.15) is 0 Å². The maximum absolute atomic E-state index is 4.39. The predicted molar refractivity (Wildman–Crippen MR) is 62.8 cm³/mol. The van der Waals surface area contributed by atoms with E-state index in [2.05, 4.69) is 35.9 Å². The minimum absolute atomic E-state index is 0.624. The van der Waals surface area contributed by atoms with Crippen LogP contribution in [0.15, 0.2) is 18.3 Å². The summed E-state index contributed by atoms with van der Waals surface area (Å²) in [5.41, 5.74) is 2.63. The van der Waals surface area contributed by atoms with E-state index in [1.54, 1.807) is 0 Å². The molecule has 82 valence electrons. The maximum atomic E-state index is 4.39. The topological polar surface area (TPSA) is 16.1 Å². The van der Waals surface area contributed by atoms with Crippen LogP contribution in [0.3, 0.4) is 0 Å². The SMILES string of the molecule is CCCN1CCC[C@H]1c1cccnc1C. The molecule has 1 fully saturated rings. The molecule has 2 heterocycles. The quantitative estimate of drug-likeness (QED) is 0.752. The number of aromatic nitrogens is 1. The third kappa shape index (κ3) is 2.20. The van der Waals surface area contributed by atoms with E-state index in [1.165, 1.54) is 43.6 Å². The highest BCUT2D eigenvalue weighted by Gasteiger charge is 2.26. The second-order valence-corrected chi connectivity index (χ2v) is 4.37. The largest absolute Gasteiger partial charge is 0.296 e. The molecule has 0 aromatic carbocycles. The first-order chi connectivity index (χ1) is 7.33. The van der Waals surface area contributed by atoms with Crippen LogP contribution in [0.25, 0.3) is 0 Å². The zero-order chi connectivity index (χ0) is 10.7. The van der Waals surface area contributed by atoms with Crippen molar-refractivity contribution in [3.63, 3.8) is 0 Å². The van der Waals surface area contributed by atoms with Crippen molar-refractivity contribution in [2.24, 2.45) is 0 Å². The summed E-state index contributed by atoms with van der Waals surface area (Å²) in [5.74, 6) is 0. The first-order valence-corrected chi connectivity index (χ1v) is 5.98. The highest BCUT2D eigenvalue weighted by atomic mass is 15.2. The van der Waals surface area contributed by atoms with Gasteiger partial charge in [0.25, 0.3) is 0 Å². The van der Waals surface area contributed by atoms with Crippen molar-refractivity contribution >= 4 is 0 Å². The van der Waals surface area contributed by atoms with Gasteiger partial charge in [-0.05, 0) is 50.9 Å². The van der Waals surface area contributed by atoms with Crippen LogP contribution in [-0.2, 0) is 0 Å². The molecule has 1 atom stereocenters. The lowest BCUT2D eigenvalue weighted by Gasteiger charge is -2.25. The molecule has 1 aromatic rings. The van der Waals surface area contributed by atoms with Crippen LogP contribution >= 0.6 is 0 Å². The molecule has 2 nitrogen and oxygen atoms in total. The van der Waals surface area contributed by atoms with Crippen molar-refractivity contribution in [2.45, 2.75) is 39.2 Å². The van der Waals surface area contributed by atoms with Crippen molar-refractivity contribution in [1.82, 2.24) is 9.88 Å². The molecule has 0 spiro atoms. The molecular formula is C13H20N2. The van der Waals surface area contributed by atoms with Gasteiger partial charge in [0.1, 0.15) is 0 Å². The Morgan fingerprint density at radius 1 is 1.53 bits per heavy atom. The lowest BCUT2D eigenvalue weighted by Crippen LogP contribution is -2.24. The van der Waals surface area contributed by atoms with E-state index >= 15 is 0 Å². The van der Waals surface area contributed by atoms with Gasteiger partial charge in [0.05, 0.1) is 0 Å². The summed E-state index contributed by atoms with van der Waals surface area (Å²) in [6.45, 7) is 6.86. The fourth-order valence-corrected chi connectivity index (χ4v) is 2.58. The van der Waals surface area contributed by atoms with Crippen LogP contribution in [0.4, 0.5) is 0 Å². The van der Waals surface area contributed by atoms with Gasteiger partial charge in [-0.1, -0.05) is 13.0 Å². The molecule has 0 N–H and O–H groups in total. The lowest BCUT2D eigenvalue weighted by atomic mass is 10.0. The van der Waals surface area contributed by atoms with Crippen LogP contribution in [0.2, 0.25) is 0 Å². The number of aryl methyl sites for hydroxylation is 1. The Balaban J connectivity index is 2.19. The summed E-state index contributed by atoms with van der Waals surface area (Å²) in [6.07, 6.45) is 5.76. The second kappa shape index (κ2) is 4.75. The van der Waals surface area contributed by atoms with Gasteiger partial charge < -0.3 is 0 Å². The van der Waals surface area contributed by atoms with Gasteiger partial charge in [-0.15, -0.1) is 0 Å². The summed E-state index contributed by atoms with van der Waals surface area (Å²) >= 11 is 0. The fourth-order valence-electron chi connectivity index (χ4n) is 2.58. The van der Waals surface area contributed by atoms with Crippen LogP contribution in [0, 0.1) is 6.92 Å². The number of hydrogen-bond donors (Lipinski definition) is 0. The van der Waals surface area contributed by atoms with Crippen LogP contribution in [0.1, 0.15) is 43.5 Å². The molecule has 0 aliphatic carbocycles. The Morgan fingerprint density at radius 2 is 2.40 bits per heavy atom. The van der Waals surface area contributed by atoms with E-state index in [9.17, 15) is 0 Å². The van der Waals surface area contributed by atoms with Crippen molar-refractivity contribution in [1.29, 1.82) is 0 Å². The molecule has 15 heavy (non-hydrogen) atoms. The molecule has 1 aliphatic heterocycles. The molecule has 0 saturated carbocycles. The summed E-state index contributed by atoms with van der Waals surface area (Å²) in [4.78, 5) is 6.99. The molecular weight excluding hydrogens is 184 g/mol. The van der Waals surface area contributed by atoms with Crippen molar-refractivity contribution in [3.05, 3.63) is 29.6 Å². The third-order valence-corrected chi connectivity index (χ3v) is 3.28. The van der Waals surface area contributed by atoms with E-state index in [1.807, 2.05) is 6.20 Å². The average molecular weight is 204 g/mol. The Morgan fingerprint density at radius 3 is 3.13 bits per heavy atom. The predicted octanol–water partition coefficient (Wildman–Crippen LogP) is 2.94. The Bertz CT molecular complexity index is 322. The molecule has 0 amide bonds. The Labute approximate surface area is 92.3 Å². The highest BCUT2D eigenvalue weighted by molar-refractivity contribution is 5.23. The maximum Gasteiger partial charge on any atom is 0.0420 e. The number of hydrogen-bond acceptors (Lipinski definition) is 2. The molecule has 1 aromatic heterocycles. The molecule has 0 radical (unpaired) electrons. The van der Waals surface area contributed by atoms with Gasteiger partial charge in [0, 0.05) is 17.9 Å². The molecule has 2 rings (SSSR count). The van der Waals surface area contributed by atoms with Gasteiger partial charge in [0.15, 0.2) is 0 Å². The Hall–Kier alpha value is -0.890. The molecule has 2 heteroatoms. The summed E-state index contributed by atoms with van der Waals surface area (Å²) in [5, 5.41) is 0. The minimum atomic E-state index is 0.624. The second-order valence-electron chi connectivity index (χ2n) is 4.37.